The van der Waals surface area contributed by atoms with Crippen molar-refractivity contribution in [2.24, 2.45) is 17.8 Å². The van der Waals surface area contributed by atoms with Gasteiger partial charge in [0.15, 0.2) is 0 Å². The summed E-state index contributed by atoms with van der Waals surface area (Å²) in [5, 5.41) is 18.7. The molecule has 5 aliphatic carbocycles. The van der Waals surface area contributed by atoms with Gasteiger partial charge in [0.05, 0.1) is 32.5 Å². The third-order valence-electron chi connectivity index (χ3n) is 9.56. The molecule has 9 heteroatoms. The number of rotatable bonds is 6. The summed E-state index contributed by atoms with van der Waals surface area (Å²) in [6.07, 6.45) is 6.96. The van der Waals surface area contributed by atoms with Crippen molar-refractivity contribution in [3.8, 4) is 11.3 Å². The molecule has 0 spiro atoms. The van der Waals surface area contributed by atoms with E-state index in [0.717, 1.165) is 76.0 Å². The van der Waals surface area contributed by atoms with Crippen LogP contribution in [0.1, 0.15) is 67.2 Å². The lowest BCUT2D eigenvalue weighted by molar-refractivity contribution is -0.250. The smallest absolute Gasteiger partial charge is 0.145 e. The highest BCUT2D eigenvalue weighted by Crippen LogP contribution is 2.65. The average Bonchev–Trinajstić information content (AvgIpc) is 3.52. The molecule has 9 rings (SSSR count). The minimum absolute atomic E-state index is 0.135. The first kappa shape index (κ1) is 25.2. The van der Waals surface area contributed by atoms with Gasteiger partial charge in [-0.05, 0) is 93.0 Å². The molecule has 2 aromatic carbocycles. The Labute approximate surface area is 249 Å². The lowest BCUT2D eigenvalue weighted by atomic mass is 9.48. The highest BCUT2D eigenvalue weighted by Gasteiger charge is 2.64. The van der Waals surface area contributed by atoms with Crippen LogP contribution in [0.15, 0.2) is 45.4 Å². The number of halogens is 3. The first-order chi connectivity index (χ1) is 18.8. The summed E-state index contributed by atoms with van der Waals surface area (Å²) in [5.41, 5.74) is 2.16. The van der Waals surface area contributed by atoms with E-state index in [0.29, 0.717) is 39.7 Å². The van der Waals surface area contributed by atoms with Crippen molar-refractivity contribution in [1.82, 2.24) is 10.1 Å². The minimum atomic E-state index is -0.896. The zero-order valence-corrected chi connectivity index (χ0v) is 25.0. The highest BCUT2D eigenvalue weighted by atomic mass is 79.9. The highest BCUT2D eigenvalue weighted by molar-refractivity contribution is 9.10. The molecule has 0 saturated heterocycles. The van der Waals surface area contributed by atoms with Gasteiger partial charge in [-0.2, -0.15) is 0 Å². The third kappa shape index (κ3) is 3.98. The van der Waals surface area contributed by atoms with Gasteiger partial charge in [-0.25, -0.2) is 4.98 Å². The summed E-state index contributed by atoms with van der Waals surface area (Å²) in [7, 11) is 0. The maximum atomic E-state index is 12.3. The number of hydrogen-bond acceptors (Lipinski definition) is 6. The van der Waals surface area contributed by atoms with E-state index >= 15 is 0 Å². The Morgan fingerprint density at radius 3 is 2.54 bits per heavy atom. The Balaban J connectivity index is 1.11. The summed E-state index contributed by atoms with van der Waals surface area (Å²) in [5.74, 6) is 2.12. The number of aromatic nitrogens is 2. The number of benzene rings is 2. The fourth-order valence-corrected chi connectivity index (χ4v) is 10.1. The summed E-state index contributed by atoms with van der Waals surface area (Å²) >= 11 is 18.4. The van der Waals surface area contributed by atoms with Crippen LogP contribution in [0.25, 0.3) is 21.5 Å². The fraction of sp³-hybridized carbons (Fsp3) is 0.467. The number of fused-ring (bicyclic) bond motifs is 1. The molecule has 39 heavy (non-hydrogen) atoms. The lowest BCUT2D eigenvalue weighted by Gasteiger charge is -2.62. The van der Waals surface area contributed by atoms with Crippen molar-refractivity contribution in [3.63, 3.8) is 0 Å². The molecule has 5 fully saturated rings. The van der Waals surface area contributed by atoms with Gasteiger partial charge in [0.25, 0.3) is 0 Å². The van der Waals surface area contributed by atoms with E-state index in [1.807, 2.05) is 30.3 Å². The maximum Gasteiger partial charge on any atom is 0.145 e. The number of nitrogens with zero attached hydrogens (tertiary/aromatic N) is 2. The van der Waals surface area contributed by atoms with Gasteiger partial charge in [0.1, 0.15) is 22.1 Å². The van der Waals surface area contributed by atoms with E-state index in [1.54, 1.807) is 11.3 Å². The predicted octanol–water partition coefficient (Wildman–Crippen LogP) is 8.88. The number of hydrogen-bond donors (Lipinski definition) is 1. The Bertz CT molecular complexity index is 1580. The van der Waals surface area contributed by atoms with Crippen LogP contribution in [-0.2, 0) is 16.9 Å². The van der Waals surface area contributed by atoms with Crippen LogP contribution in [0.5, 0.6) is 0 Å². The molecule has 5 saturated carbocycles. The van der Waals surface area contributed by atoms with Crippen molar-refractivity contribution >= 4 is 60.7 Å². The molecular weight excluding hydrogens is 619 g/mol. The zero-order chi connectivity index (χ0) is 26.5. The average molecular weight is 646 g/mol. The van der Waals surface area contributed by atoms with Crippen LogP contribution >= 0.6 is 50.5 Å². The molecule has 0 amide bonds. The first-order valence-electron chi connectivity index (χ1n) is 13.7. The molecule has 2 aromatic heterocycles. The normalized spacial score (nSPS) is 31.4. The minimum Gasteiger partial charge on any atom is -0.382 e. The van der Waals surface area contributed by atoms with Gasteiger partial charge in [-0.15, -0.1) is 11.3 Å². The topological polar surface area (TPSA) is 68.4 Å². The molecule has 0 aliphatic heterocycles. The second kappa shape index (κ2) is 9.01. The Morgan fingerprint density at radius 1 is 1.08 bits per heavy atom. The van der Waals surface area contributed by atoms with Crippen molar-refractivity contribution in [2.75, 3.05) is 0 Å². The van der Waals surface area contributed by atoms with Gasteiger partial charge >= 0.3 is 0 Å². The monoisotopic (exact) mass is 644 g/mol. The number of ether oxygens (including phenoxy) is 1. The van der Waals surface area contributed by atoms with E-state index in [2.05, 4.69) is 27.2 Å². The molecule has 2 heterocycles. The van der Waals surface area contributed by atoms with E-state index < -0.39 is 5.60 Å². The Morgan fingerprint density at radius 2 is 1.82 bits per heavy atom. The van der Waals surface area contributed by atoms with Crippen LogP contribution in [-0.4, -0.2) is 20.8 Å². The standard InChI is InChI=1S/C30H27BrCl2N2O3S/c31-19-6-7-23-24(10-19)39-28(34-23)30(36)17-8-15-9-18(30)13-29(11-15,12-17)37-14-20-26(35-38-27(20)16-4-5-16)25-21(32)2-1-3-22(25)33/h1-3,6-7,10,15-18,36H,4-5,8-9,11-14H2/t15?,17-,18?,29?,30?/m0/s1. The van der Waals surface area contributed by atoms with E-state index in [4.69, 9.17) is 37.4 Å². The van der Waals surface area contributed by atoms with Crippen LogP contribution < -0.4 is 0 Å². The van der Waals surface area contributed by atoms with Crippen molar-refractivity contribution in [1.29, 1.82) is 0 Å². The SMILES string of the molecule is OC1(c2nc3ccc(Br)cc3s2)C2CC3C[C@H]1CC(OCc1c(-c4c(Cl)cccc4Cl)noc1C1CC1)(C3)C2. The van der Waals surface area contributed by atoms with Crippen LogP contribution in [0.4, 0.5) is 0 Å². The van der Waals surface area contributed by atoms with Crippen LogP contribution in [0.2, 0.25) is 10.0 Å². The number of aliphatic hydroxyl groups is 1. The quantitative estimate of drug-likeness (QED) is 0.227. The lowest BCUT2D eigenvalue weighted by Crippen LogP contribution is -2.62. The van der Waals surface area contributed by atoms with Gasteiger partial charge in [0, 0.05) is 21.5 Å². The maximum absolute atomic E-state index is 12.3. The van der Waals surface area contributed by atoms with E-state index in [1.165, 1.54) is 0 Å². The Hall–Kier alpha value is -1.48. The molecule has 4 unspecified atom stereocenters. The molecule has 1 N–H and O–H groups in total. The molecule has 5 aliphatic rings. The zero-order valence-electron chi connectivity index (χ0n) is 21.1. The molecular formula is C30H27BrCl2N2O3S. The van der Waals surface area contributed by atoms with Gasteiger partial charge in [-0.3, -0.25) is 0 Å². The first-order valence-corrected chi connectivity index (χ1v) is 16.1. The second-order valence-electron chi connectivity index (χ2n) is 12.0. The molecule has 5 atom stereocenters. The second-order valence-corrected chi connectivity index (χ2v) is 14.8. The summed E-state index contributed by atoms with van der Waals surface area (Å²) in [4.78, 5) is 4.94. The fourth-order valence-electron chi connectivity index (χ4n) is 7.78. The Kier molecular flexibility index (Phi) is 5.83. The predicted molar refractivity (Wildman–Crippen MR) is 156 cm³/mol. The summed E-state index contributed by atoms with van der Waals surface area (Å²) < 4.78 is 15.0. The van der Waals surface area contributed by atoms with Gasteiger partial charge < -0.3 is 14.4 Å². The van der Waals surface area contributed by atoms with E-state index in [-0.39, 0.29) is 17.4 Å². The van der Waals surface area contributed by atoms with E-state index in [9.17, 15) is 5.11 Å². The van der Waals surface area contributed by atoms with Crippen molar-refractivity contribution < 1.29 is 14.4 Å². The van der Waals surface area contributed by atoms with Gasteiger partial charge in [-0.1, -0.05) is 50.4 Å². The van der Waals surface area contributed by atoms with Crippen molar-refractivity contribution in [2.45, 2.75) is 68.7 Å². The molecule has 5 nitrogen and oxygen atoms in total. The van der Waals surface area contributed by atoms with Crippen LogP contribution in [0.3, 0.4) is 0 Å². The summed E-state index contributed by atoms with van der Waals surface area (Å²) in [6.45, 7) is 0.409. The summed E-state index contributed by atoms with van der Waals surface area (Å²) in [6, 6.07) is 11.6. The van der Waals surface area contributed by atoms with Crippen molar-refractivity contribution in [3.05, 3.63) is 67.2 Å². The van der Waals surface area contributed by atoms with Crippen LogP contribution in [0, 0.1) is 17.8 Å². The third-order valence-corrected chi connectivity index (χ3v) is 11.8. The molecule has 202 valence electrons. The van der Waals surface area contributed by atoms with Gasteiger partial charge in [0.2, 0.25) is 0 Å². The largest absolute Gasteiger partial charge is 0.382 e. The molecule has 4 aromatic rings. The molecule has 4 bridgehead atoms. The number of thiazole rings is 1. The molecule has 0 radical (unpaired) electrons.